The molecular formula is C18H38O5. The minimum absolute atomic E-state index is 0.104. The fraction of sp³-hybridized carbons (Fsp3) is 1.00. The molecule has 0 fully saturated rings. The van der Waals surface area contributed by atoms with Crippen LogP contribution in [0.5, 0.6) is 0 Å². The average molecular weight is 334 g/mol. The molecule has 5 nitrogen and oxygen atoms in total. The summed E-state index contributed by atoms with van der Waals surface area (Å²) in [6.07, 6.45) is 1.07. The van der Waals surface area contributed by atoms with Crippen LogP contribution in [0.1, 0.15) is 48.0 Å². The van der Waals surface area contributed by atoms with Gasteiger partial charge in [0, 0.05) is 6.61 Å². The molecule has 140 valence electrons. The van der Waals surface area contributed by atoms with Crippen molar-refractivity contribution >= 4 is 0 Å². The Hall–Kier alpha value is -0.200. The van der Waals surface area contributed by atoms with Gasteiger partial charge < -0.3 is 23.7 Å². The standard InChI is InChI=1S/C18H38O5/c1-17(2,3)7-8-19-9-10-20-11-12-21-13-14-22-15-16-23-18(4,5)6/h7-16H2,1-6H3. The van der Waals surface area contributed by atoms with E-state index in [0.29, 0.717) is 58.3 Å². The molecule has 0 bridgehead atoms. The lowest BCUT2D eigenvalue weighted by Crippen LogP contribution is -2.22. The molecule has 0 spiro atoms. The van der Waals surface area contributed by atoms with E-state index in [2.05, 4.69) is 20.8 Å². The molecule has 0 aliphatic heterocycles. The lowest BCUT2D eigenvalue weighted by Gasteiger charge is -2.19. The van der Waals surface area contributed by atoms with Crippen molar-refractivity contribution in [2.75, 3.05) is 59.5 Å². The van der Waals surface area contributed by atoms with E-state index in [0.717, 1.165) is 13.0 Å². The summed E-state index contributed by atoms with van der Waals surface area (Å²) < 4.78 is 27.3. The third-order valence-electron chi connectivity index (χ3n) is 2.88. The molecule has 0 atom stereocenters. The van der Waals surface area contributed by atoms with Gasteiger partial charge in [0.15, 0.2) is 0 Å². The van der Waals surface area contributed by atoms with Gasteiger partial charge in [-0.15, -0.1) is 0 Å². The van der Waals surface area contributed by atoms with Crippen molar-refractivity contribution in [3.63, 3.8) is 0 Å². The molecule has 0 saturated carbocycles. The summed E-state index contributed by atoms with van der Waals surface area (Å²) in [7, 11) is 0. The van der Waals surface area contributed by atoms with Crippen LogP contribution in [0.15, 0.2) is 0 Å². The second-order valence-corrected chi connectivity index (χ2v) is 7.72. The Labute approximate surface area is 143 Å². The number of hydrogen-bond donors (Lipinski definition) is 0. The Bertz CT molecular complexity index is 229. The van der Waals surface area contributed by atoms with Gasteiger partial charge in [0.05, 0.1) is 58.5 Å². The van der Waals surface area contributed by atoms with Gasteiger partial charge in [-0.1, -0.05) is 20.8 Å². The minimum Gasteiger partial charge on any atom is -0.379 e. The fourth-order valence-corrected chi connectivity index (χ4v) is 1.55. The van der Waals surface area contributed by atoms with E-state index in [1.807, 2.05) is 20.8 Å². The molecule has 0 aliphatic carbocycles. The average Bonchev–Trinajstić information content (AvgIpc) is 2.40. The summed E-state index contributed by atoms with van der Waals surface area (Å²) in [6, 6.07) is 0. The number of rotatable bonds is 14. The maximum Gasteiger partial charge on any atom is 0.0707 e. The van der Waals surface area contributed by atoms with Crippen LogP contribution in [0, 0.1) is 5.41 Å². The topological polar surface area (TPSA) is 46.2 Å². The molecule has 5 heteroatoms. The predicted molar refractivity (Wildman–Crippen MR) is 93.1 cm³/mol. The highest BCUT2D eigenvalue weighted by atomic mass is 16.6. The van der Waals surface area contributed by atoms with Gasteiger partial charge in [0.2, 0.25) is 0 Å². The minimum atomic E-state index is -0.104. The van der Waals surface area contributed by atoms with Gasteiger partial charge in [-0.05, 0) is 32.6 Å². The van der Waals surface area contributed by atoms with Gasteiger partial charge in [-0.25, -0.2) is 0 Å². The van der Waals surface area contributed by atoms with Crippen LogP contribution >= 0.6 is 0 Å². The molecular weight excluding hydrogens is 296 g/mol. The Morgan fingerprint density at radius 2 is 0.826 bits per heavy atom. The number of hydrogen-bond acceptors (Lipinski definition) is 5. The largest absolute Gasteiger partial charge is 0.379 e. The van der Waals surface area contributed by atoms with E-state index in [1.54, 1.807) is 0 Å². The molecule has 0 radical (unpaired) electrons. The quantitative estimate of drug-likeness (QED) is 0.456. The van der Waals surface area contributed by atoms with Crippen LogP contribution < -0.4 is 0 Å². The second kappa shape index (κ2) is 13.1. The van der Waals surface area contributed by atoms with Gasteiger partial charge in [-0.2, -0.15) is 0 Å². The van der Waals surface area contributed by atoms with Gasteiger partial charge >= 0.3 is 0 Å². The molecule has 0 saturated heterocycles. The van der Waals surface area contributed by atoms with Gasteiger partial charge in [-0.3, -0.25) is 0 Å². The smallest absolute Gasteiger partial charge is 0.0707 e. The normalized spacial score (nSPS) is 12.8. The summed E-state index contributed by atoms with van der Waals surface area (Å²) in [5.41, 5.74) is 0.225. The van der Waals surface area contributed by atoms with E-state index in [1.165, 1.54) is 0 Å². The van der Waals surface area contributed by atoms with E-state index in [-0.39, 0.29) is 5.60 Å². The monoisotopic (exact) mass is 334 g/mol. The Morgan fingerprint density at radius 1 is 0.478 bits per heavy atom. The van der Waals surface area contributed by atoms with Crippen molar-refractivity contribution in [2.45, 2.75) is 53.6 Å². The highest BCUT2D eigenvalue weighted by Crippen LogP contribution is 2.17. The molecule has 0 aromatic carbocycles. The maximum absolute atomic E-state index is 5.55. The molecule has 0 N–H and O–H groups in total. The van der Waals surface area contributed by atoms with E-state index >= 15 is 0 Å². The van der Waals surface area contributed by atoms with Crippen molar-refractivity contribution in [2.24, 2.45) is 5.41 Å². The number of ether oxygens (including phenoxy) is 5. The van der Waals surface area contributed by atoms with Crippen LogP contribution in [0.4, 0.5) is 0 Å². The predicted octanol–water partition coefficient (Wildman–Crippen LogP) is 3.30. The lowest BCUT2D eigenvalue weighted by molar-refractivity contribution is -0.0461. The second-order valence-electron chi connectivity index (χ2n) is 7.72. The van der Waals surface area contributed by atoms with Crippen molar-refractivity contribution in [1.82, 2.24) is 0 Å². The third-order valence-corrected chi connectivity index (χ3v) is 2.88. The first-order chi connectivity index (χ1) is 10.7. The van der Waals surface area contributed by atoms with Crippen molar-refractivity contribution in [3.8, 4) is 0 Å². The van der Waals surface area contributed by atoms with E-state index < -0.39 is 0 Å². The van der Waals surface area contributed by atoms with E-state index in [4.69, 9.17) is 23.7 Å². The maximum atomic E-state index is 5.55. The first kappa shape index (κ1) is 22.8. The first-order valence-corrected chi connectivity index (χ1v) is 8.66. The molecule has 0 aromatic rings. The van der Waals surface area contributed by atoms with Gasteiger partial charge in [0.25, 0.3) is 0 Å². The Morgan fingerprint density at radius 3 is 1.17 bits per heavy atom. The van der Waals surface area contributed by atoms with Crippen molar-refractivity contribution in [1.29, 1.82) is 0 Å². The summed E-state index contributed by atoms with van der Waals surface area (Å²) in [5, 5.41) is 0. The van der Waals surface area contributed by atoms with Gasteiger partial charge in [0.1, 0.15) is 0 Å². The zero-order chi connectivity index (χ0) is 17.6. The van der Waals surface area contributed by atoms with Crippen molar-refractivity contribution < 1.29 is 23.7 Å². The van der Waals surface area contributed by atoms with E-state index in [9.17, 15) is 0 Å². The van der Waals surface area contributed by atoms with Crippen LogP contribution in [0.2, 0.25) is 0 Å². The summed E-state index contributed by atoms with van der Waals surface area (Å²) in [5.74, 6) is 0. The zero-order valence-electron chi connectivity index (χ0n) is 16.1. The zero-order valence-corrected chi connectivity index (χ0v) is 16.1. The molecule has 0 rings (SSSR count). The fourth-order valence-electron chi connectivity index (χ4n) is 1.55. The van der Waals surface area contributed by atoms with Crippen LogP contribution in [-0.2, 0) is 23.7 Å². The van der Waals surface area contributed by atoms with Crippen LogP contribution in [0.25, 0.3) is 0 Å². The molecule has 0 unspecified atom stereocenters. The summed E-state index contributed by atoms with van der Waals surface area (Å²) >= 11 is 0. The van der Waals surface area contributed by atoms with Crippen LogP contribution in [-0.4, -0.2) is 65.1 Å². The Balaban J connectivity index is 3.08. The molecule has 0 aliphatic rings. The third kappa shape index (κ3) is 21.8. The first-order valence-electron chi connectivity index (χ1n) is 8.66. The van der Waals surface area contributed by atoms with Crippen LogP contribution in [0.3, 0.4) is 0 Å². The Kier molecular flexibility index (Phi) is 13.0. The molecule has 23 heavy (non-hydrogen) atoms. The highest BCUT2D eigenvalue weighted by molar-refractivity contribution is 4.59. The summed E-state index contributed by atoms with van der Waals surface area (Å²) in [4.78, 5) is 0. The van der Waals surface area contributed by atoms with Crippen molar-refractivity contribution in [3.05, 3.63) is 0 Å². The highest BCUT2D eigenvalue weighted by Gasteiger charge is 2.09. The molecule has 0 aromatic heterocycles. The molecule has 0 amide bonds. The summed E-state index contributed by atoms with van der Waals surface area (Å²) in [6.45, 7) is 18.4. The lowest BCUT2D eigenvalue weighted by atomic mass is 9.93. The SMILES string of the molecule is CC(C)(C)CCOCCOCCOCCOCCOC(C)(C)C. The molecule has 0 heterocycles.